The number of carboxylic acids is 1. The van der Waals surface area contributed by atoms with Crippen molar-refractivity contribution < 1.29 is 19.4 Å². The molecule has 2 aromatic rings. The molecule has 0 bridgehead atoms. The summed E-state index contributed by atoms with van der Waals surface area (Å²) in [6, 6.07) is 6.35. The molecular weight excluding hydrogens is 326 g/mol. The van der Waals surface area contributed by atoms with Crippen LogP contribution in [0.3, 0.4) is 0 Å². The van der Waals surface area contributed by atoms with E-state index in [-0.39, 0.29) is 41.1 Å². The van der Waals surface area contributed by atoms with Gasteiger partial charge in [0.1, 0.15) is 6.54 Å². The van der Waals surface area contributed by atoms with E-state index in [1.807, 2.05) is 13.8 Å². The number of aromatic carboxylic acids is 1. The van der Waals surface area contributed by atoms with Crippen LogP contribution < -0.4 is 5.56 Å². The highest BCUT2D eigenvalue weighted by molar-refractivity contribution is 6.01. The molecule has 3 rings (SSSR count). The number of aromatic nitrogens is 2. The lowest BCUT2D eigenvalue weighted by Crippen LogP contribution is -2.49. The number of amides is 1. The Morgan fingerprint density at radius 1 is 1.20 bits per heavy atom. The number of benzene rings is 1. The van der Waals surface area contributed by atoms with Gasteiger partial charge >= 0.3 is 5.97 Å². The van der Waals surface area contributed by atoms with Gasteiger partial charge in [-0.3, -0.25) is 9.59 Å². The van der Waals surface area contributed by atoms with E-state index in [0.29, 0.717) is 13.1 Å². The molecule has 8 heteroatoms. The lowest BCUT2D eigenvalue weighted by Gasteiger charge is -2.35. The molecule has 1 aliphatic heterocycles. The molecular formula is C17H19N3O5. The van der Waals surface area contributed by atoms with Gasteiger partial charge in [0.05, 0.1) is 17.6 Å². The minimum Gasteiger partial charge on any atom is -0.476 e. The Labute approximate surface area is 143 Å². The minimum atomic E-state index is -1.24. The van der Waals surface area contributed by atoms with Crippen molar-refractivity contribution in [2.24, 2.45) is 0 Å². The summed E-state index contributed by atoms with van der Waals surface area (Å²) in [5, 5.41) is 13.7. The van der Waals surface area contributed by atoms with Crippen LogP contribution in [0.25, 0.3) is 10.8 Å². The second-order valence-corrected chi connectivity index (χ2v) is 6.22. The molecule has 1 fully saturated rings. The highest BCUT2D eigenvalue weighted by atomic mass is 16.5. The van der Waals surface area contributed by atoms with Crippen molar-refractivity contribution in [1.29, 1.82) is 0 Å². The number of rotatable bonds is 3. The van der Waals surface area contributed by atoms with Crippen molar-refractivity contribution in [2.45, 2.75) is 32.6 Å². The average molecular weight is 345 g/mol. The quantitative estimate of drug-likeness (QED) is 0.880. The van der Waals surface area contributed by atoms with E-state index < -0.39 is 11.5 Å². The Bertz CT molecular complexity index is 881. The molecule has 1 aliphatic rings. The van der Waals surface area contributed by atoms with Crippen molar-refractivity contribution in [3.63, 3.8) is 0 Å². The lowest BCUT2D eigenvalue weighted by molar-refractivity contribution is -0.144. The zero-order chi connectivity index (χ0) is 18.1. The van der Waals surface area contributed by atoms with Gasteiger partial charge in [-0.15, -0.1) is 0 Å². The van der Waals surface area contributed by atoms with E-state index in [4.69, 9.17) is 4.74 Å². The van der Waals surface area contributed by atoms with Crippen LogP contribution in [0.4, 0.5) is 0 Å². The molecule has 0 radical (unpaired) electrons. The fraction of sp³-hybridized carbons (Fsp3) is 0.412. The molecule has 2 heterocycles. The smallest absolute Gasteiger partial charge is 0.357 e. The third-order valence-corrected chi connectivity index (χ3v) is 4.13. The van der Waals surface area contributed by atoms with Crippen LogP contribution in [-0.4, -0.2) is 57.0 Å². The summed E-state index contributed by atoms with van der Waals surface area (Å²) >= 11 is 0. The van der Waals surface area contributed by atoms with Gasteiger partial charge in [0, 0.05) is 18.5 Å². The van der Waals surface area contributed by atoms with Crippen LogP contribution in [0, 0.1) is 0 Å². The first kappa shape index (κ1) is 17.1. The summed E-state index contributed by atoms with van der Waals surface area (Å²) in [4.78, 5) is 38.2. The highest BCUT2D eigenvalue weighted by Gasteiger charge is 2.27. The molecule has 8 nitrogen and oxygen atoms in total. The van der Waals surface area contributed by atoms with Crippen molar-refractivity contribution in [3.05, 3.63) is 40.3 Å². The summed E-state index contributed by atoms with van der Waals surface area (Å²) in [5.41, 5.74) is -0.727. The SMILES string of the molecule is C[C@@H]1CN(C(=O)Cn2nc(C(=O)O)c3ccccc3c2=O)C[C@H](C)O1. The molecule has 0 aliphatic carbocycles. The van der Waals surface area contributed by atoms with Gasteiger partial charge in [-0.25, -0.2) is 9.48 Å². The molecule has 1 amide bonds. The Kier molecular flexibility index (Phi) is 4.54. The lowest BCUT2D eigenvalue weighted by atomic mass is 10.1. The maximum absolute atomic E-state index is 12.6. The van der Waals surface area contributed by atoms with Gasteiger partial charge in [-0.2, -0.15) is 5.10 Å². The van der Waals surface area contributed by atoms with Gasteiger partial charge in [-0.05, 0) is 19.9 Å². The molecule has 132 valence electrons. The molecule has 0 unspecified atom stereocenters. The van der Waals surface area contributed by atoms with E-state index in [9.17, 15) is 19.5 Å². The molecule has 25 heavy (non-hydrogen) atoms. The molecule has 1 N–H and O–H groups in total. The van der Waals surface area contributed by atoms with E-state index in [0.717, 1.165) is 4.68 Å². The fourth-order valence-corrected chi connectivity index (χ4v) is 3.11. The topological polar surface area (TPSA) is 102 Å². The van der Waals surface area contributed by atoms with Crippen molar-refractivity contribution in [1.82, 2.24) is 14.7 Å². The monoisotopic (exact) mass is 345 g/mol. The summed E-state index contributed by atoms with van der Waals surface area (Å²) < 4.78 is 6.52. The van der Waals surface area contributed by atoms with E-state index in [1.54, 1.807) is 17.0 Å². The number of ether oxygens (including phenoxy) is 1. The zero-order valence-electron chi connectivity index (χ0n) is 14.0. The van der Waals surface area contributed by atoms with Gasteiger partial charge in [-0.1, -0.05) is 18.2 Å². The molecule has 1 saturated heterocycles. The van der Waals surface area contributed by atoms with Crippen molar-refractivity contribution >= 4 is 22.6 Å². The van der Waals surface area contributed by atoms with Gasteiger partial charge in [0.2, 0.25) is 5.91 Å². The second-order valence-electron chi connectivity index (χ2n) is 6.22. The third-order valence-electron chi connectivity index (χ3n) is 4.13. The van der Waals surface area contributed by atoms with E-state index >= 15 is 0 Å². The van der Waals surface area contributed by atoms with Crippen LogP contribution in [-0.2, 0) is 16.1 Å². The van der Waals surface area contributed by atoms with E-state index in [2.05, 4.69) is 5.10 Å². The molecule has 0 saturated carbocycles. The maximum atomic E-state index is 12.6. The van der Waals surface area contributed by atoms with Crippen molar-refractivity contribution in [2.75, 3.05) is 13.1 Å². The van der Waals surface area contributed by atoms with E-state index in [1.165, 1.54) is 12.1 Å². The highest BCUT2D eigenvalue weighted by Crippen LogP contribution is 2.14. The van der Waals surface area contributed by atoms with Gasteiger partial charge < -0.3 is 14.7 Å². The molecule has 0 spiro atoms. The van der Waals surface area contributed by atoms with Crippen LogP contribution in [0.15, 0.2) is 29.1 Å². The largest absolute Gasteiger partial charge is 0.476 e. The molecule has 2 atom stereocenters. The Hall–Kier alpha value is -2.74. The number of nitrogens with zero attached hydrogens (tertiary/aromatic N) is 3. The first-order valence-electron chi connectivity index (χ1n) is 8.03. The Morgan fingerprint density at radius 3 is 2.40 bits per heavy atom. The predicted octanol–water partition coefficient (Wildman–Crippen LogP) is 0.730. The van der Waals surface area contributed by atoms with Crippen LogP contribution in [0.2, 0.25) is 0 Å². The zero-order valence-corrected chi connectivity index (χ0v) is 14.0. The van der Waals surface area contributed by atoms with Crippen LogP contribution in [0.5, 0.6) is 0 Å². The fourth-order valence-electron chi connectivity index (χ4n) is 3.11. The predicted molar refractivity (Wildman–Crippen MR) is 89.6 cm³/mol. The number of carbonyl (C=O) groups is 2. The Balaban J connectivity index is 1.96. The Morgan fingerprint density at radius 2 is 1.80 bits per heavy atom. The number of hydrogen-bond acceptors (Lipinski definition) is 5. The average Bonchev–Trinajstić information content (AvgIpc) is 2.56. The van der Waals surface area contributed by atoms with Gasteiger partial charge in [0.25, 0.3) is 5.56 Å². The first-order chi connectivity index (χ1) is 11.9. The molecule has 1 aromatic heterocycles. The molecule has 1 aromatic carbocycles. The standard InChI is InChI=1S/C17H19N3O5/c1-10-7-19(8-11(2)25-10)14(21)9-20-16(22)13-6-4-3-5-12(13)15(18-20)17(23)24/h3-6,10-11H,7-9H2,1-2H3,(H,23,24)/t10-,11+. The number of carboxylic acid groups (broad SMARTS) is 1. The number of fused-ring (bicyclic) bond motifs is 1. The third kappa shape index (κ3) is 3.39. The summed E-state index contributed by atoms with van der Waals surface area (Å²) in [6.45, 7) is 4.30. The first-order valence-corrected chi connectivity index (χ1v) is 8.03. The van der Waals surface area contributed by atoms with Crippen LogP contribution in [0.1, 0.15) is 24.3 Å². The summed E-state index contributed by atoms with van der Waals surface area (Å²) in [6.07, 6.45) is -0.188. The number of carbonyl (C=O) groups excluding carboxylic acids is 1. The summed E-state index contributed by atoms with van der Waals surface area (Å²) in [5.74, 6) is -1.53. The number of hydrogen-bond donors (Lipinski definition) is 1. The van der Waals surface area contributed by atoms with Crippen LogP contribution >= 0.6 is 0 Å². The number of morpholine rings is 1. The summed E-state index contributed by atoms with van der Waals surface area (Å²) in [7, 11) is 0. The van der Waals surface area contributed by atoms with Crippen molar-refractivity contribution in [3.8, 4) is 0 Å². The minimum absolute atomic E-state index is 0.0939. The maximum Gasteiger partial charge on any atom is 0.357 e. The second kappa shape index (κ2) is 6.64. The normalized spacial score (nSPS) is 20.6. The van der Waals surface area contributed by atoms with Gasteiger partial charge in [0.15, 0.2) is 5.69 Å².